The minimum atomic E-state index is -0.138. The molecule has 0 atom stereocenters. The smallest absolute Gasteiger partial charge is 0.206 e. The van der Waals surface area contributed by atoms with Gasteiger partial charge in [-0.2, -0.15) is 10.2 Å². The van der Waals surface area contributed by atoms with Gasteiger partial charge in [0.05, 0.1) is 11.4 Å². The number of nitrogens with two attached hydrogens (primary N) is 1. The van der Waals surface area contributed by atoms with Crippen molar-refractivity contribution in [1.82, 2.24) is 15.2 Å². The van der Waals surface area contributed by atoms with Gasteiger partial charge in [0.15, 0.2) is 0 Å². The van der Waals surface area contributed by atoms with E-state index in [9.17, 15) is 0 Å². The first kappa shape index (κ1) is 13.5. The predicted octanol–water partition coefficient (Wildman–Crippen LogP) is 0.674. The summed E-state index contributed by atoms with van der Waals surface area (Å²) in [6.07, 6.45) is 3.00. The number of hydrazone groups is 1. The normalized spacial score (nSPS) is 16.2. The second kappa shape index (κ2) is 5.18. The molecule has 1 aliphatic rings. The van der Waals surface area contributed by atoms with Crippen LogP contribution in [0.2, 0.25) is 0 Å². The summed E-state index contributed by atoms with van der Waals surface area (Å²) in [7, 11) is 1.95. The van der Waals surface area contributed by atoms with E-state index in [0.29, 0.717) is 0 Å². The van der Waals surface area contributed by atoms with Crippen LogP contribution in [0.15, 0.2) is 5.10 Å². The van der Waals surface area contributed by atoms with Crippen molar-refractivity contribution < 1.29 is 0 Å². The summed E-state index contributed by atoms with van der Waals surface area (Å²) in [4.78, 5) is 0. The van der Waals surface area contributed by atoms with Crippen LogP contribution in [0.3, 0.4) is 0 Å². The Labute approximate surface area is 106 Å². The molecule has 2 rings (SSSR count). The molecule has 0 saturated heterocycles. The van der Waals surface area contributed by atoms with Gasteiger partial charge < -0.3 is 5.73 Å². The lowest BCUT2D eigenvalue weighted by molar-refractivity contribution is 0.678. The van der Waals surface area contributed by atoms with Crippen LogP contribution in [0.1, 0.15) is 29.8 Å². The van der Waals surface area contributed by atoms with Gasteiger partial charge in [-0.15, -0.1) is 12.4 Å². The number of aryl methyl sites for hydroxylation is 2. The van der Waals surface area contributed by atoms with Crippen molar-refractivity contribution in [3.63, 3.8) is 0 Å². The molecule has 1 aliphatic carbocycles. The molecule has 0 bridgehead atoms. The van der Waals surface area contributed by atoms with Crippen LogP contribution in [-0.2, 0) is 13.5 Å². The Morgan fingerprint density at radius 3 is 2.88 bits per heavy atom. The van der Waals surface area contributed by atoms with Crippen molar-refractivity contribution in [2.24, 2.45) is 17.9 Å². The molecule has 1 aromatic heterocycles. The van der Waals surface area contributed by atoms with Gasteiger partial charge in [-0.3, -0.25) is 10.1 Å². The van der Waals surface area contributed by atoms with E-state index in [1.807, 2.05) is 18.7 Å². The standard InChI is InChI=1S/C10H16N6.ClH/c1-6-9-7(13-14-10(11)12)4-3-5-8(9)16(2)15-6;/h3-5H2,1-2H3,(H4,11,12,14);1H/b13-7-;. The number of hydrogen-bond donors (Lipinski definition) is 3. The predicted molar refractivity (Wildman–Crippen MR) is 69.7 cm³/mol. The van der Waals surface area contributed by atoms with Gasteiger partial charge in [0.1, 0.15) is 0 Å². The van der Waals surface area contributed by atoms with Crippen molar-refractivity contribution >= 4 is 24.1 Å². The van der Waals surface area contributed by atoms with Crippen molar-refractivity contribution in [3.8, 4) is 0 Å². The molecule has 6 nitrogen and oxygen atoms in total. The second-order valence-corrected chi connectivity index (χ2v) is 3.97. The fourth-order valence-electron chi connectivity index (χ4n) is 2.16. The molecule has 94 valence electrons. The molecule has 7 heteroatoms. The van der Waals surface area contributed by atoms with Gasteiger partial charge in [0, 0.05) is 18.3 Å². The summed E-state index contributed by atoms with van der Waals surface area (Å²) in [5, 5.41) is 15.6. The number of nitrogens with zero attached hydrogens (tertiary/aromatic N) is 3. The maximum Gasteiger partial charge on any atom is 0.206 e. The van der Waals surface area contributed by atoms with Crippen LogP contribution in [0.25, 0.3) is 0 Å². The maximum absolute atomic E-state index is 7.09. The van der Waals surface area contributed by atoms with Crippen LogP contribution >= 0.6 is 12.4 Å². The maximum atomic E-state index is 7.09. The highest BCUT2D eigenvalue weighted by atomic mass is 35.5. The number of rotatable bonds is 1. The topological polar surface area (TPSA) is 92.1 Å². The zero-order chi connectivity index (χ0) is 11.7. The molecule has 0 amide bonds. The van der Waals surface area contributed by atoms with Gasteiger partial charge in [-0.25, -0.2) is 5.43 Å². The monoisotopic (exact) mass is 256 g/mol. The Balaban J connectivity index is 0.00000144. The van der Waals surface area contributed by atoms with E-state index in [1.54, 1.807) is 0 Å². The molecule has 0 aliphatic heterocycles. The van der Waals surface area contributed by atoms with Crippen molar-refractivity contribution in [3.05, 3.63) is 17.0 Å². The van der Waals surface area contributed by atoms with Crippen LogP contribution in [0.4, 0.5) is 0 Å². The van der Waals surface area contributed by atoms with Crippen molar-refractivity contribution in [2.45, 2.75) is 26.2 Å². The minimum absolute atomic E-state index is 0. The van der Waals surface area contributed by atoms with Gasteiger partial charge in [-0.1, -0.05) is 0 Å². The van der Waals surface area contributed by atoms with E-state index in [0.717, 1.165) is 36.2 Å². The van der Waals surface area contributed by atoms with Crippen LogP contribution in [0.5, 0.6) is 0 Å². The summed E-state index contributed by atoms with van der Waals surface area (Å²) in [6.45, 7) is 1.98. The van der Waals surface area contributed by atoms with E-state index in [2.05, 4.69) is 15.6 Å². The highest BCUT2D eigenvalue weighted by Crippen LogP contribution is 2.23. The van der Waals surface area contributed by atoms with Gasteiger partial charge in [0.25, 0.3) is 0 Å². The zero-order valence-corrected chi connectivity index (χ0v) is 10.8. The molecule has 0 spiro atoms. The Morgan fingerprint density at radius 2 is 2.24 bits per heavy atom. The van der Waals surface area contributed by atoms with Crippen molar-refractivity contribution in [2.75, 3.05) is 0 Å². The minimum Gasteiger partial charge on any atom is -0.369 e. The molecule has 17 heavy (non-hydrogen) atoms. The molecule has 0 radical (unpaired) electrons. The van der Waals surface area contributed by atoms with E-state index in [4.69, 9.17) is 11.1 Å². The fourth-order valence-corrected chi connectivity index (χ4v) is 2.16. The zero-order valence-electron chi connectivity index (χ0n) is 9.95. The first-order valence-electron chi connectivity index (χ1n) is 5.29. The number of guanidine groups is 1. The fraction of sp³-hybridized carbons (Fsp3) is 0.500. The van der Waals surface area contributed by atoms with Gasteiger partial charge >= 0.3 is 0 Å². The Morgan fingerprint density at radius 1 is 1.53 bits per heavy atom. The van der Waals surface area contributed by atoms with Crippen LogP contribution in [-0.4, -0.2) is 21.5 Å². The number of aromatic nitrogens is 2. The molecular weight excluding hydrogens is 240 g/mol. The molecule has 0 saturated carbocycles. The first-order valence-corrected chi connectivity index (χ1v) is 5.29. The molecule has 0 fully saturated rings. The number of fused-ring (bicyclic) bond motifs is 1. The molecule has 1 aromatic rings. The lowest BCUT2D eigenvalue weighted by Crippen LogP contribution is -2.28. The van der Waals surface area contributed by atoms with E-state index in [1.165, 1.54) is 5.69 Å². The number of halogens is 1. The molecule has 1 heterocycles. The number of hydrogen-bond acceptors (Lipinski definition) is 3. The highest BCUT2D eigenvalue weighted by molar-refractivity contribution is 6.03. The Hall–Kier alpha value is -1.56. The molecule has 0 unspecified atom stereocenters. The van der Waals surface area contributed by atoms with E-state index >= 15 is 0 Å². The SMILES string of the molecule is Cc1nn(C)c2c1/C(=N\NC(=N)N)CCC2.Cl. The summed E-state index contributed by atoms with van der Waals surface area (Å²) >= 11 is 0. The Bertz CT molecular complexity index is 462. The summed E-state index contributed by atoms with van der Waals surface area (Å²) in [5.74, 6) is -0.138. The molecule has 4 N–H and O–H groups in total. The third-order valence-electron chi connectivity index (χ3n) is 2.77. The largest absolute Gasteiger partial charge is 0.369 e. The van der Waals surface area contributed by atoms with E-state index in [-0.39, 0.29) is 18.4 Å². The van der Waals surface area contributed by atoms with Gasteiger partial charge in [-0.05, 0) is 26.2 Å². The second-order valence-electron chi connectivity index (χ2n) is 3.97. The van der Waals surface area contributed by atoms with Crippen LogP contribution in [0, 0.1) is 12.3 Å². The van der Waals surface area contributed by atoms with E-state index < -0.39 is 0 Å². The highest BCUT2D eigenvalue weighted by Gasteiger charge is 2.22. The Kier molecular flexibility index (Phi) is 4.11. The van der Waals surface area contributed by atoms with Crippen LogP contribution < -0.4 is 11.2 Å². The molecular formula is C10H17ClN6. The lowest BCUT2D eigenvalue weighted by Gasteiger charge is -2.15. The third kappa shape index (κ3) is 2.58. The first-order chi connectivity index (χ1) is 7.59. The summed E-state index contributed by atoms with van der Waals surface area (Å²) in [5.41, 5.74) is 12.0. The van der Waals surface area contributed by atoms with Gasteiger partial charge in [0.2, 0.25) is 5.96 Å². The molecule has 0 aromatic carbocycles. The summed E-state index contributed by atoms with van der Waals surface area (Å²) in [6, 6.07) is 0. The lowest BCUT2D eigenvalue weighted by atomic mass is 9.94. The quantitative estimate of drug-likeness (QED) is 0.392. The van der Waals surface area contributed by atoms with Crippen molar-refractivity contribution in [1.29, 1.82) is 5.41 Å². The average molecular weight is 257 g/mol. The number of nitrogens with one attached hydrogen (secondary N) is 2. The third-order valence-corrected chi connectivity index (χ3v) is 2.77. The summed E-state index contributed by atoms with van der Waals surface area (Å²) < 4.78 is 1.91. The average Bonchev–Trinajstić information content (AvgIpc) is 2.52.